The van der Waals surface area contributed by atoms with Crippen molar-refractivity contribution in [1.82, 2.24) is 10.1 Å². The number of benzene rings is 2. The molecule has 0 saturated heterocycles. The highest BCUT2D eigenvalue weighted by Gasteiger charge is 2.31. The normalized spacial score (nSPS) is 14.0. The van der Waals surface area contributed by atoms with E-state index in [1.807, 2.05) is 19.9 Å². The van der Waals surface area contributed by atoms with Crippen LogP contribution in [0.5, 0.6) is 5.75 Å². The summed E-state index contributed by atoms with van der Waals surface area (Å²) in [6.07, 6.45) is 0. The summed E-state index contributed by atoms with van der Waals surface area (Å²) in [5.74, 6) is 1.67. The summed E-state index contributed by atoms with van der Waals surface area (Å²) >= 11 is 0. The summed E-state index contributed by atoms with van der Waals surface area (Å²) in [7, 11) is -3.83. The molecule has 0 aliphatic carbocycles. The van der Waals surface area contributed by atoms with Gasteiger partial charge >= 0.3 is 0 Å². The third-order valence-electron chi connectivity index (χ3n) is 5.16. The van der Waals surface area contributed by atoms with Crippen LogP contribution in [0.25, 0.3) is 22.2 Å². The third kappa shape index (κ3) is 2.85. The minimum Gasteiger partial charge on any atom is -0.489 e. The van der Waals surface area contributed by atoms with Crippen molar-refractivity contribution in [2.75, 3.05) is 17.5 Å². The fraction of sp³-hybridized carbons (Fsp3) is 0.238. The number of oxazole rings is 1. The van der Waals surface area contributed by atoms with Crippen LogP contribution in [0.4, 0.5) is 5.69 Å². The molecular formula is C21H19N3O5S. The SMILES string of the molecule is Cc1nc2cc(S(=O)(=O)N3CCOc4ccc(-c5c(C)noc5C)cc43)ccc2o1. The summed E-state index contributed by atoms with van der Waals surface area (Å²) in [6.45, 7) is 5.88. The maximum atomic E-state index is 13.5. The van der Waals surface area contributed by atoms with E-state index < -0.39 is 10.0 Å². The molecule has 0 radical (unpaired) electrons. The fourth-order valence-electron chi connectivity index (χ4n) is 3.80. The first-order valence-electron chi connectivity index (χ1n) is 9.44. The maximum absolute atomic E-state index is 13.5. The largest absolute Gasteiger partial charge is 0.489 e. The van der Waals surface area contributed by atoms with E-state index in [1.165, 1.54) is 16.4 Å². The first-order chi connectivity index (χ1) is 14.3. The van der Waals surface area contributed by atoms with Crippen LogP contribution in [0.3, 0.4) is 0 Å². The second-order valence-corrected chi connectivity index (χ2v) is 9.03. The van der Waals surface area contributed by atoms with E-state index in [0.29, 0.717) is 34.2 Å². The Labute approximate surface area is 173 Å². The van der Waals surface area contributed by atoms with Crippen LogP contribution < -0.4 is 9.04 Å². The smallest absolute Gasteiger partial charge is 0.264 e. The van der Waals surface area contributed by atoms with Crippen LogP contribution in [0.1, 0.15) is 17.3 Å². The second-order valence-electron chi connectivity index (χ2n) is 7.17. The number of aryl methyl sites for hydroxylation is 3. The van der Waals surface area contributed by atoms with Crippen LogP contribution in [-0.2, 0) is 10.0 Å². The highest BCUT2D eigenvalue weighted by Crippen LogP contribution is 2.40. The fourth-order valence-corrected chi connectivity index (χ4v) is 5.28. The zero-order chi connectivity index (χ0) is 21.0. The molecule has 2 aromatic carbocycles. The molecule has 0 unspecified atom stereocenters. The number of fused-ring (bicyclic) bond motifs is 2. The van der Waals surface area contributed by atoms with Crippen molar-refractivity contribution >= 4 is 26.8 Å². The van der Waals surface area contributed by atoms with Crippen molar-refractivity contribution in [3.63, 3.8) is 0 Å². The van der Waals surface area contributed by atoms with Gasteiger partial charge in [-0.05, 0) is 49.7 Å². The van der Waals surface area contributed by atoms with E-state index in [2.05, 4.69) is 10.1 Å². The van der Waals surface area contributed by atoms with Crippen molar-refractivity contribution in [3.05, 3.63) is 53.7 Å². The van der Waals surface area contributed by atoms with E-state index in [0.717, 1.165) is 16.8 Å². The molecule has 154 valence electrons. The molecule has 5 rings (SSSR count). The Morgan fingerprint density at radius 1 is 1.07 bits per heavy atom. The summed E-state index contributed by atoms with van der Waals surface area (Å²) < 4.78 is 44.9. The molecule has 1 aliphatic rings. The van der Waals surface area contributed by atoms with Crippen molar-refractivity contribution in [3.8, 4) is 16.9 Å². The van der Waals surface area contributed by atoms with Crippen molar-refractivity contribution in [2.24, 2.45) is 0 Å². The molecule has 30 heavy (non-hydrogen) atoms. The molecule has 3 heterocycles. The quantitative estimate of drug-likeness (QED) is 0.489. The van der Waals surface area contributed by atoms with Gasteiger partial charge in [-0.25, -0.2) is 13.4 Å². The predicted molar refractivity (Wildman–Crippen MR) is 110 cm³/mol. The Hall–Kier alpha value is -3.33. The lowest BCUT2D eigenvalue weighted by Gasteiger charge is -2.30. The van der Waals surface area contributed by atoms with E-state index in [-0.39, 0.29) is 18.0 Å². The standard InChI is InChI=1S/C21H19N3O5S/c1-12-21(13(2)29-23-12)15-4-6-20-18(10-15)24(8-9-27-20)30(25,26)16-5-7-19-17(11-16)22-14(3)28-19/h4-7,10-11H,8-9H2,1-3H3. The second kappa shape index (κ2) is 6.60. The molecule has 9 heteroatoms. The van der Waals surface area contributed by atoms with E-state index in [4.69, 9.17) is 13.7 Å². The molecule has 0 bridgehead atoms. The van der Waals surface area contributed by atoms with Gasteiger partial charge in [-0.3, -0.25) is 4.31 Å². The molecule has 0 atom stereocenters. The highest BCUT2D eigenvalue weighted by atomic mass is 32.2. The van der Waals surface area contributed by atoms with E-state index in [9.17, 15) is 8.42 Å². The number of sulfonamides is 1. The first-order valence-corrected chi connectivity index (χ1v) is 10.9. The van der Waals surface area contributed by atoms with E-state index >= 15 is 0 Å². The molecule has 0 fully saturated rings. The van der Waals surface area contributed by atoms with Gasteiger partial charge in [0.15, 0.2) is 11.5 Å². The minimum absolute atomic E-state index is 0.152. The molecule has 2 aromatic heterocycles. The summed E-state index contributed by atoms with van der Waals surface area (Å²) in [5.41, 5.74) is 3.94. The molecular weight excluding hydrogens is 406 g/mol. The Morgan fingerprint density at radius 2 is 1.90 bits per heavy atom. The summed E-state index contributed by atoms with van der Waals surface area (Å²) in [6, 6.07) is 10.2. The zero-order valence-corrected chi connectivity index (χ0v) is 17.5. The molecule has 0 saturated carbocycles. The molecule has 0 amide bonds. The number of ether oxygens (including phenoxy) is 1. The minimum atomic E-state index is -3.83. The van der Waals surface area contributed by atoms with Crippen molar-refractivity contribution < 1.29 is 22.1 Å². The van der Waals surface area contributed by atoms with Gasteiger partial charge < -0.3 is 13.7 Å². The molecule has 0 spiro atoms. The van der Waals surface area contributed by atoms with Crippen LogP contribution in [0, 0.1) is 20.8 Å². The van der Waals surface area contributed by atoms with Gasteiger partial charge in [0.2, 0.25) is 0 Å². The number of anilines is 1. The Morgan fingerprint density at radius 3 is 2.67 bits per heavy atom. The Bertz CT molecular complexity index is 1370. The number of nitrogens with zero attached hydrogens (tertiary/aromatic N) is 3. The maximum Gasteiger partial charge on any atom is 0.264 e. The Kier molecular flexibility index (Phi) is 4.11. The van der Waals surface area contributed by atoms with Crippen molar-refractivity contribution in [1.29, 1.82) is 0 Å². The van der Waals surface area contributed by atoms with Gasteiger partial charge in [0, 0.05) is 12.5 Å². The van der Waals surface area contributed by atoms with Gasteiger partial charge in [-0.1, -0.05) is 11.2 Å². The van der Waals surface area contributed by atoms with Gasteiger partial charge in [-0.15, -0.1) is 0 Å². The van der Waals surface area contributed by atoms with Crippen LogP contribution in [0.2, 0.25) is 0 Å². The highest BCUT2D eigenvalue weighted by molar-refractivity contribution is 7.92. The van der Waals surface area contributed by atoms with Crippen molar-refractivity contribution in [2.45, 2.75) is 25.7 Å². The van der Waals surface area contributed by atoms with E-state index in [1.54, 1.807) is 25.1 Å². The Balaban J connectivity index is 1.63. The van der Waals surface area contributed by atoms with Gasteiger partial charge in [-0.2, -0.15) is 0 Å². The lowest BCUT2D eigenvalue weighted by molar-refractivity contribution is 0.316. The number of hydrogen-bond acceptors (Lipinski definition) is 7. The van der Waals surface area contributed by atoms with Crippen LogP contribution in [0.15, 0.2) is 50.2 Å². The summed E-state index contributed by atoms with van der Waals surface area (Å²) in [5, 5.41) is 4.00. The topological polar surface area (TPSA) is 98.7 Å². The molecule has 0 N–H and O–H groups in total. The average molecular weight is 425 g/mol. The number of hydrogen-bond donors (Lipinski definition) is 0. The molecule has 4 aromatic rings. The van der Waals surface area contributed by atoms with Crippen LogP contribution >= 0.6 is 0 Å². The lowest BCUT2D eigenvalue weighted by atomic mass is 10.0. The first kappa shape index (κ1) is 18.7. The van der Waals surface area contributed by atoms with Gasteiger partial charge in [0.1, 0.15) is 23.6 Å². The lowest BCUT2D eigenvalue weighted by Crippen LogP contribution is -2.37. The molecule has 1 aliphatic heterocycles. The van der Waals surface area contributed by atoms with Gasteiger partial charge in [0.25, 0.3) is 10.0 Å². The monoisotopic (exact) mass is 425 g/mol. The zero-order valence-electron chi connectivity index (χ0n) is 16.7. The van der Waals surface area contributed by atoms with Crippen LogP contribution in [-0.4, -0.2) is 31.7 Å². The third-order valence-corrected chi connectivity index (χ3v) is 6.96. The predicted octanol–water partition coefficient (Wildman–Crippen LogP) is 4.00. The number of aromatic nitrogens is 2. The average Bonchev–Trinajstić information content (AvgIpc) is 3.26. The van der Waals surface area contributed by atoms with Gasteiger partial charge in [0.05, 0.1) is 22.8 Å². The number of rotatable bonds is 3. The summed E-state index contributed by atoms with van der Waals surface area (Å²) in [4.78, 5) is 4.40. The molecule has 8 nitrogen and oxygen atoms in total.